The topological polar surface area (TPSA) is 130 Å². The van der Waals surface area contributed by atoms with Crippen LogP contribution in [-0.4, -0.2) is 40.8 Å². The van der Waals surface area contributed by atoms with E-state index in [4.69, 9.17) is 5.73 Å². The van der Waals surface area contributed by atoms with E-state index in [1.165, 1.54) is 30.4 Å². The Labute approximate surface area is 168 Å². The van der Waals surface area contributed by atoms with Crippen molar-refractivity contribution < 1.29 is 14.4 Å². The Hall–Kier alpha value is -3.33. The molecule has 1 saturated heterocycles. The van der Waals surface area contributed by atoms with Crippen LogP contribution in [0.5, 0.6) is 0 Å². The first kappa shape index (κ1) is 20.4. The van der Waals surface area contributed by atoms with E-state index in [1.807, 2.05) is 6.07 Å². The van der Waals surface area contributed by atoms with Crippen molar-refractivity contribution in [1.82, 2.24) is 15.3 Å². The van der Waals surface area contributed by atoms with E-state index in [0.717, 1.165) is 24.8 Å². The lowest BCUT2D eigenvalue weighted by Crippen LogP contribution is -2.38. The Kier molecular flexibility index (Phi) is 6.18. The van der Waals surface area contributed by atoms with Crippen LogP contribution in [0.1, 0.15) is 48.1 Å². The molecule has 0 radical (unpaired) electrons. The van der Waals surface area contributed by atoms with Gasteiger partial charge in [0.25, 0.3) is 0 Å². The fourth-order valence-corrected chi connectivity index (χ4v) is 3.29. The van der Waals surface area contributed by atoms with Crippen LogP contribution >= 0.6 is 0 Å². The van der Waals surface area contributed by atoms with E-state index in [2.05, 4.69) is 27.5 Å². The minimum Gasteiger partial charge on any atom is -0.366 e. The standard InChI is InChI=1S/C20H24N6O3/c1-12-4-3-5-16(24-12)13-6-7-17(23-10-13)26(2)20(29)19(28)25-15-8-14(18(21)27)9-22-11-15/h6-12,16,24H,3-5H2,1-2H3,(H2,21,27)(H,25,28). The summed E-state index contributed by atoms with van der Waals surface area (Å²) in [5.74, 6) is -1.98. The van der Waals surface area contributed by atoms with Gasteiger partial charge in [-0.15, -0.1) is 0 Å². The molecule has 1 aliphatic rings. The monoisotopic (exact) mass is 396 g/mol. The number of carbonyl (C=O) groups is 3. The van der Waals surface area contributed by atoms with Crippen LogP contribution in [0.4, 0.5) is 11.5 Å². The molecule has 0 bridgehead atoms. The van der Waals surface area contributed by atoms with Crippen molar-refractivity contribution in [3.8, 4) is 0 Å². The minimum atomic E-state index is -0.871. The highest BCUT2D eigenvalue weighted by atomic mass is 16.2. The molecule has 1 aliphatic heterocycles. The molecule has 9 heteroatoms. The average molecular weight is 396 g/mol. The van der Waals surface area contributed by atoms with Crippen molar-refractivity contribution in [3.63, 3.8) is 0 Å². The van der Waals surface area contributed by atoms with Gasteiger partial charge in [0.15, 0.2) is 0 Å². The number of primary amides is 1. The Balaban J connectivity index is 1.65. The Morgan fingerprint density at radius 2 is 2.00 bits per heavy atom. The molecule has 3 amide bonds. The highest BCUT2D eigenvalue weighted by Gasteiger charge is 2.23. The zero-order chi connectivity index (χ0) is 21.0. The molecule has 0 spiro atoms. The predicted molar refractivity (Wildman–Crippen MR) is 108 cm³/mol. The van der Waals surface area contributed by atoms with Gasteiger partial charge in [-0.3, -0.25) is 24.3 Å². The summed E-state index contributed by atoms with van der Waals surface area (Å²) in [6, 6.07) is 5.70. The van der Waals surface area contributed by atoms with Crippen LogP contribution in [0.25, 0.3) is 0 Å². The smallest absolute Gasteiger partial charge is 0.317 e. The van der Waals surface area contributed by atoms with Gasteiger partial charge in [-0.25, -0.2) is 4.98 Å². The zero-order valence-electron chi connectivity index (χ0n) is 16.4. The van der Waals surface area contributed by atoms with E-state index in [-0.39, 0.29) is 17.3 Å². The van der Waals surface area contributed by atoms with E-state index in [0.29, 0.717) is 11.9 Å². The molecule has 152 valence electrons. The third-order valence-electron chi connectivity index (χ3n) is 4.91. The number of nitrogens with zero attached hydrogens (tertiary/aromatic N) is 3. The SMILES string of the molecule is CC1CCCC(c2ccc(N(C)C(=O)C(=O)Nc3cncc(C(N)=O)c3)nc2)N1. The number of carbonyl (C=O) groups excluding carboxylic acids is 3. The zero-order valence-corrected chi connectivity index (χ0v) is 16.4. The number of hydrogen-bond donors (Lipinski definition) is 3. The highest BCUT2D eigenvalue weighted by Crippen LogP contribution is 2.26. The van der Waals surface area contributed by atoms with Crippen LogP contribution < -0.4 is 21.3 Å². The maximum atomic E-state index is 12.4. The molecular weight excluding hydrogens is 372 g/mol. The third-order valence-corrected chi connectivity index (χ3v) is 4.91. The quantitative estimate of drug-likeness (QED) is 0.669. The summed E-state index contributed by atoms with van der Waals surface area (Å²) in [5.41, 5.74) is 6.58. The second-order valence-corrected chi connectivity index (χ2v) is 7.15. The summed E-state index contributed by atoms with van der Waals surface area (Å²) >= 11 is 0. The fraction of sp³-hybridized carbons (Fsp3) is 0.350. The molecule has 29 heavy (non-hydrogen) atoms. The van der Waals surface area contributed by atoms with Gasteiger partial charge >= 0.3 is 11.8 Å². The van der Waals surface area contributed by atoms with Crippen LogP contribution in [-0.2, 0) is 9.59 Å². The van der Waals surface area contributed by atoms with Crippen molar-refractivity contribution >= 4 is 29.2 Å². The summed E-state index contributed by atoms with van der Waals surface area (Å²) < 4.78 is 0. The molecule has 9 nitrogen and oxygen atoms in total. The molecule has 0 aliphatic carbocycles. The van der Waals surface area contributed by atoms with Crippen LogP contribution in [0, 0.1) is 0 Å². The summed E-state index contributed by atoms with van der Waals surface area (Å²) in [4.78, 5) is 45.3. The number of nitrogens with two attached hydrogens (primary N) is 1. The lowest BCUT2D eigenvalue weighted by molar-refractivity contribution is -0.134. The third kappa shape index (κ3) is 4.94. The van der Waals surface area contributed by atoms with Gasteiger partial charge in [-0.05, 0) is 37.5 Å². The van der Waals surface area contributed by atoms with Crippen molar-refractivity contribution in [3.05, 3.63) is 47.9 Å². The second-order valence-electron chi connectivity index (χ2n) is 7.15. The molecule has 0 aromatic carbocycles. The molecule has 2 atom stereocenters. The maximum Gasteiger partial charge on any atom is 0.317 e. The number of nitrogens with one attached hydrogen (secondary N) is 2. The van der Waals surface area contributed by atoms with Crippen LogP contribution in [0.2, 0.25) is 0 Å². The van der Waals surface area contributed by atoms with E-state index in [1.54, 1.807) is 12.3 Å². The summed E-state index contributed by atoms with van der Waals surface area (Å²) in [7, 11) is 1.48. The van der Waals surface area contributed by atoms with Crippen LogP contribution in [0.3, 0.4) is 0 Å². The molecule has 4 N–H and O–H groups in total. The number of anilines is 2. The first-order valence-corrected chi connectivity index (χ1v) is 9.41. The Morgan fingerprint density at radius 1 is 1.21 bits per heavy atom. The van der Waals surface area contributed by atoms with Crippen LogP contribution in [0.15, 0.2) is 36.8 Å². The Morgan fingerprint density at radius 3 is 2.66 bits per heavy atom. The van der Waals surface area contributed by atoms with Crippen molar-refractivity contribution in [2.45, 2.75) is 38.3 Å². The average Bonchev–Trinajstić information content (AvgIpc) is 2.73. The van der Waals surface area contributed by atoms with Crippen molar-refractivity contribution in [1.29, 1.82) is 0 Å². The summed E-state index contributed by atoms with van der Waals surface area (Å²) in [5, 5.41) is 5.96. The van der Waals surface area contributed by atoms with Gasteiger partial charge in [0, 0.05) is 31.5 Å². The van der Waals surface area contributed by atoms with Crippen molar-refractivity contribution in [2.75, 3.05) is 17.3 Å². The molecule has 2 unspecified atom stereocenters. The van der Waals surface area contributed by atoms with E-state index in [9.17, 15) is 14.4 Å². The van der Waals surface area contributed by atoms with Gasteiger partial charge < -0.3 is 16.4 Å². The number of rotatable bonds is 4. The molecule has 2 aromatic heterocycles. The lowest BCUT2D eigenvalue weighted by atomic mass is 9.95. The normalized spacial score (nSPS) is 18.7. The molecular formula is C20H24N6O3. The lowest BCUT2D eigenvalue weighted by Gasteiger charge is -2.29. The second kappa shape index (κ2) is 8.78. The number of likely N-dealkylation sites (N-methyl/N-ethyl adjacent to an activating group) is 1. The first-order valence-electron chi connectivity index (χ1n) is 9.41. The summed E-state index contributed by atoms with van der Waals surface area (Å²) in [6.45, 7) is 2.16. The molecule has 3 heterocycles. The van der Waals surface area contributed by atoms with Gasteiger partial charge in [-0.2, -0.15) is 0 Å². The number of aromatic nitrogens is 2. The maximum absolute atomic E-state index is 12.4. The summed E-state index contributed by atoms with van der Waals surface area (Å²) in [6.07, 6.45) is 7.69. The first-order chi connectivity index (χ1) is 13.8. The Bertz CT molecular complexity index is 915. The van der Waals surface area contributed by atoms with E-state index >= 15 is 0 Å². The molecule has 3 rings (SSSR count). The number of amides is 3. The predicted octanol–water partition coefficient (Wildman–Crippen LogP) is 1.38. The van der Waals surface area contributed by atoms with Gasteiger partial charge in [0.1, 0.15) is 5.82 Å². The van der Waals surface area contributed by atoms with Crippen molar-refractivity contribution in [2.24, 2.45) is 5.73 Å². The van der Waals surface area contributed by atoms with Gasteiger partial charge in [-0.1, -0.05) is 12.5 Å². The number of pyridine rings is 2. The van der Waals surface area contributed by atoms with Gasteiger partial charge in [0.2, 0.25) is 5.91 Å². The molecule has 2 aromatic rings. The number of hydrogen-bond acceptors (Lipinski definition) is 6. The fourth-order valence-electron chi connectivity index (χ4n) is 3.29. The highest BCUT2D eigenvalue weighted by molar-refractivity contribution is 6.44. The van der Waals surface area contributed by atoms with E-state index < -0.39 is 17.7 Å². The largest absolute Gasteiger partial charge is 0.366 e. The van der Waals surface area contributed by atoms with Gasteiger partial charge in [0.05, 0.1) is 17.4 Å². The molecule has 1 fully saturated rings. The number of piperidine rings is 1. The molecule has 0 saturated carbocycles. The minimum absolute atomic E-state index is 0.131.